The molecule has 1 saturated carbocycles. The second-order valence-corrected chi connectivity index (χ2v) is 7.42. The summed E-state index contributed by atoms with van der Waals surface area (Å²) in [5.74, 6) is 0.527. The van der Waals surface area contributed by atoms with Gasteiger partial charge in [0.2, 0.25) is 5.91 Å². The fourth-order valence-corrected chi connectivity index (χ4v) is 4.35. The van der Waals surface area contributed by atoms with Crippen LogP contribution in [0.3, 0.4) is 0 Å². The lowest BCUT2D eigenvalue weighted by Crippen LogP contribution is -2.36. The van der Waals surface area contributed by atoms with Crippen molar-refractivity contribution in [2.75, 3.05) is 13.1 Å². The van der Waals surface area contributed by atoms with Gasteiger partial charge >= 0.3 is 0 Å². The van der Waals surface area contributed by atoms with E-state index in [1.807, 2.05) is 11.4 Å². The van der Waals surface area contributed by atoms with E-state index in [2.05, 4.69) is 17.1 Å². The third kappa shape index (κ3) is 3.35. The van der Waals surface area contributed by atoms with Crippen LogP contribution in [-0.2, 0) is 11.2 Å². The summed E-state index contributed by atoms with van der Waals surface area (Å²) in [4.78, 5) is 27.6. The van der Waals surface area contributed by atoms with Crippen LogP contribution in [0.25, 0.3) is 0 Å². The van der Waals surface area contributed by atoms with E-state index < -0.39 is 0 Å². The van der Waals surface area contributed by atoms with Gasteiger partial charge in [-0.25, -0.2) is 0 Å². The van der Waals surface area contributed by atoms with E-state index in [9.17, 15) is 9.59 Å². The molecule has 2 aliphatic rings. The Bertz CT molecular complexity index is 549. The maximum absolute atomic E-state index is 12.1. The SMILES string of the molecule is CCc1cc(C(=O)NC[C@H]2CC(=O)N(C3CCCC3)C2)cs1. The molecule has 3 rings (SSSR count). The highest BCUT2D eigenvalue weighted by Crippen LogP contribution is 2.29. The quantitative estimate of drug-likeness (QED) is 0.907. The van der Waals surface area contributed by atoms with Crippen LogP contribution in [0.1, 0.15) is 54.3 Å². The van der Waals surface area contributed by atoms with Gasteiger partial charge in [0.05, 0.1) is 5.56 Å². The van der Waals surface area contributed by atoms with Gasteiger partial charge in [0.25, 0.3) is 5.91 Å². The molecule has 0 unspecified atom stereocenters. The van der Waals surface area contributed by atoms with Gasteiger partial charge in [0.1, 0.15) is 0 Å². The Morgan fingerprint density at radius 2 is 2.18 bits per heavy atom. The molecule has 120 valence electrons. The number of carbonyl (C=O) groups is 2. The van der Waals surface area contributed by atoms with E-state index in [1.54, 1.807) is 11.3 Å². The molecule has 4 nitrogen and oxygen atoms in total. The molecule has 1 aromatic heterocycles. The van der Waals surface area contributed by atoms with Gasteiger partial charge in [-0.15, -0.1) is 11.3 Å². The van der Waals surface area contributed by atoms with Gasteiger partial charge < -0.3 is 10.2 Å². The molecule has 0 bridgehead atoms. The van der Waals surface area contributed by atoms with E-state index in [-0.39, 0.29) is 17.7 Å². The lowest BCUT2D eigenvalue weighted by molar-refractivity contribution is -0.129. The summed E-state index contributed by atoms with van der Waals surface area (Å²) in [6, 6.07) is 2.42. The summed E-state index contributed by atoms with van der Waals surface area (Å²) in [5, 5.41) is 4.91. The zero-order valence-electron chi connectivity index (χ0n) is 13.1. The molecular weight excluding hydrogens is 296 g/mol. The molecule has 1 saturated heterocycles. The van der Waals surface area contributed by atoms with Gasteiger partial charge in [-0.05, 0) is 25.3 Å². The number of amides is 2. The zero-order chi connectivity index (χ0) is 15.5. The van der Waals surface area contributed by atoms with Crippen molar-refractivity contribution >= 4 is 23.2 Å². The Kier molecular flexibility index (Phi) is 4.81. The molecule has 1 N–H and O–H groups in total. The Morgan fingerprint density at radius 3 is 2.86 bits per heavy atom. The normalized spacial score (nSPS) is 22.5. The van der Waals surface area contributed by atoms with Gasteiger partial charge in [0.15, 0.2) is 0 Å². The van der Waals surface area contributed by atoms with Gasteiger partial charge in [0, 0.05) is 41.7 Å². The van der Waals surface area contributed by atoms with Crippen LogP contribution >= 0.6 is 11.3 Å². The highest BCUT2D eigenvalue weighted by molar-refractivity contribution is 7.10. The summed E-state index contributed by atoms with van der Waals surface area (Å²) in [5.41, 5.74) is 0.749. The minimum Gasteiger partial charge on any atom is -0.352 e. The standard InChI is InChI=1S/C17H24N2O2S/c1-2-15-8-13(11-22-15)17(21)18-9-12-7-16(20)19(10-12)14-5-3-4-6-14/h8,11-12,14H,2-7,9-10H2,1H3,(H,18,21)/t12-/m1/s1. The number of thiophene rings is 1. The van der Waals surface area contributed by atoms with Crippen LogP contribution in [0.15, 0.2) is 11.4 Å². The lowest BCUT2D eigenvalue weighted by Gasteiger charge is -2.24. The predicted molar refractivity (Wildman–Crippen MR) is 88.1 cm³/mol. The molecule has 2 amide bonds. The molecule has 2 fully saturated rings. The maximum Gasteiger partial charge on any atom is 0.252 e. The number of aryl methyl sites for hydroxylation is 1. The van der Waals surface area contributed by atoms with Crippen molar-refractivity contribution < 1.29 is 9.59 Å². The maximum atomic E-state index is 12.1. The molecule has 0 radical (unpaired) electrons. The Morgan fingerprint density at radius 1 is 1.41 bits per heavy atom. The largest absolute Gasteiger partial charge is 0.352 e. The fourth-order valence-electron chi connectivity index (χ4n) is 3.54. The van der Waals surface area contributed by atoms with E-state index in [4.69, 9.17) is 0 Å². The fraction of sp³-hybridized carbons (Fsp3) is 0.647. The summed E-state index contributed by atoms with van der Waals surface area (Å²) < 4.78 is 0. The van der Waals surface area contributed by atoms with Crippen molar-refractivity contribution in [3.8, 4) is 0 Å². The van der Waals surface area contributed by atoms with E-state index >= 15 is 0 Å². The van der Waals surface area contributed by atoms with E-state index in [0.717, 1.165) is 31.4 Å². The highest BCUT2D eigenvalue weighted by atomic mass is 32.1. The van der Waals surface area contributed by atoms with Crippen molar-refractivity contribution in [3.63, 3.8) is 0 Å². The van der Waals surface area contributed by atoms with E-state index in [1.165, 1.54) is 17.7 Å². The predicted octanol–water partition coefficient (Wildman–Crippen LogP) is 2.83. The van der Waals surface area contributed by atoms with Crippen molar-refractivity contribution in [2.45, 2.75) is 51.5 Å². The number of hydrogen-bond acceptors (Lipinski definition) is 3. The first-order valence-electron chi connectivity index (χ1n) is 8.32. The van der Waals surface area contributed by atoms with Gasteiger partial charge in [-0.3, -0.25) is 9.59 Å². The molecule has 1 aliphatic heterocycles. The Balaban J connectivity index is 1.49. The highest BCUT2D eigenvalue weighted by Gasteiger charge is 2.35. The molecule has 0 aromatic carbocycles. The number of hydrogen-bond donors (Lipinski definition) is 1. The van der Waals surface area contributed by atoms with Gasteiger partial charge in [-0.1, -0.05) is 19.8 Å². The molecule has 1 aromatic rings. The van der Waals surface area contributed by atoms with Crippen LogP contribution in [-0.4, -0.2) is 35.8 Å². The van der Waals surface area contributed by atoms with Gasteiger partial charge in [-0.2, -0.15) is 0 Å². The third-order valence-corrected chi connectivity index (χ3v) is 5.90. The first kappa shape index (κ1) is 15.5. The first-order chi connectivity index (χ1) is 10.7. The molecule has 5 heteroatoms. The molecular formula is C17H24N2O2S. The summed E-state index contributed by atoms with van der Waals surface area (Å²) in [6.07, 6.45) is 6.34. The third-order valence-electron chi connectivity index (χ3n) is 4.82. The monoisotopic (exact) mass is 320 g/mol. The van der Waals surface area contributed by atoms with Crippen LogP contribution in [0, 0.1) is 5.92 Å². The number of rotatable bonds is 5. The summed E-state index contributed by atoms with van der Waals surface area (Å²) in [7, 11) is 0. The molecule has 2 heterocycles. The molecule has 1 atom stereocenters. The number of nitrogens with zero attached hydrogens (tertiary/aromatic N) is 1. The van der Waals surface area contributed by atoms with Crippen LogP contribution in [0.4, 0.5) is 0 Å². The number of carbonyl (C=O) groups excluding carboxylic acids is 2. The van der Waals surface area contributed by atoms with Crippen molar-refractivity contribution in [3.05, 3.63) is 21.9 Å². The molecule has 22 heavy (non-hydrogen) atoms. The van der Waals surface area contributed by atoms with Crippen molar-refractivity contribution in [2.24, 2.45) is 5.92 Å². The first-order valence-corrected chi connectivity index (χ1v) is 9.20. The minimum absolute atomic E-state index is 0.0114. The second kappa shape index (κ2) is 6.82. The van der Waals surface area contributed by atoms with Crippen molar-refractivity contribution in [1.29, 1.82) is 0 Å². The molecule has 1 aliphatic carbocycles. The summed E-state index contributed by atoms with van der Waals surface area (Å²) >= 11 is 1.63. The van der Waals surface area contributed by atoms with Crippen LogP contribution in [0.5, 0.6) is 0 Å². The van der Waals surface area contributed by atoms with E-state index in [0.29, 0.717) is 19.0 Å². The van der Waals surface area contributed by atoms with Crippen LogP contribution < -0.4 is 5.32 Å². The smallest absolute Gasteiger partial charge is 0.252 e. The van der Waals surface area contributed by atoms with Crippen LogP contribution in [0.2, 0.25) is 0 Å². The molecule has 0 spiro atoms. The second-order valence-electron chi connectivity index (χ2n) is 6.42. The lowest BCUT2D eigenvalue weighted by atomic mass is 10.1. The Hall–Kier alpha value is -1.36. The average molecular weight is 320 g/mol. The number of nitrogens with one attached hydrogen (secondary N) is 1. The average Bonchev–Trinajstić information content (AvgIpc) is 3.24. The van der Waals surface area contributed by atoms with Crippen molar-refractivity contribution in [1.82, 2.24) is 10.2 Å². The zero-order valence-corrected chi connectivity index (χ0v) is 14.0. The summed E-state index contributed by atoms with van der Waals surface area (Å²) in [6.45, 7) is 3.51. The number of likely N-dealkylation sites (tertiary alicyclic amines) is 1. The minimum atomic E-state index is -0.0114. The topological polar surface area (TPSA) is 49.4 Å². The Labute approximate surface area is 135 Å².